The molecule has 1 aromatic heterocycles. The molecule has 2 unspecified atom stereocenters. The normalized spacial score (nSPS) is 20.2. The highest BCUT2D eigenvalue weighted by atomic mass is 79.9. The van der Waals surface area contributed by atoms with Gasteiger partial charge in [0.1, 0.15) is 17.6 Å². The number of ether oxygens (including phenoxy) is 1. The van der Waals surface area contributed by atoms with Crippen LogP contribution in [0.4, 0.5) is 18.9 Å². The smallest absolute Gasteiger partial charge is 0.418 e. The van der Waals surface area contributed by atoms with E-state index in [1.807, 2.05) is 31.2 Å². The largest absolute Gasteiger partial charge is 0.489 e. The van der Waals surface area contributed by atoms with E-state index in [9.17, 15) is 27.6 Å². The number of H-pyrrole nitrogens is 1. The fraction of sp³-hybridized carbons (Fsp3) is 0.207. The Morgan fingerprint density at radius 1 is 1.00 bits per heavy atom. The number of carbonyl (C=O) groups excluding carboxylic acids is 2. The van der Waals surface area contributed by atoms with Crippen molar-refractivity contribution < 1.29 is 27.5 Å². The molecular weight excluding hydrogens is 641 g/mol. The van der Waals surface area contributed by atoms with Crippen LogP contribution in [0.3, 0.4) is 0 Å². The van der Waals surface area contributed by atoms with Crippen LogP contribution in [0.1, 0.15) is 33.0 Å². The second-order valence-corrected chi connectivity index (χ2v) is 12.8. The predicted octanol–water partition coefficient (Wildman–Crippen LogP) is 6.90. The Kier molecular flexibility index (Phi) is 7.11. The molecule has 0 aliphatic carbocycles. The van der Waals surface area contributed by atoms with Gasteiger partial charge in [-0.15, -0.1) is 0 Å². The first-order chi connectivity index (χ1) is 19.5. The molecule has 0 radical (unpaired) electrons. The Hall–Kier alpha value is -3.35. The van der Waals surface area contributed by atoms with Crippen molar-refractivity contribution in [1.29, 1.82) is 0 Å². The first-order valence-corrected chi connectivity index (χ1v) is 14.9. The number of fused-ring (bicyclic) bond motifs is 2. The molecule has 4 aromatic rings. The minimum absolute atomic E-state index is 0.222. The summed E-state index contributed by atoms with van der Waals surface area (Å²) < 4.78 is 48.6. The number of alkyl halides is 3. The van der Waals surface area contributed by atoms with Crippen LogP contribution < -0.4 is 14.5 Å². The number of anilines is 1. The van der Waals surface area contributed by atoms with E-state index in [0.717, 1.165) is 46.4 Å². The Morgan fingerprint density at radius 2 is 1.78 bits per heavy atom. The first-order valence-electron chi connectivity index (χ1n) is 12.4. The van der Waals surface area contributed by atoms with Crippen molar-refractivity contribution in [1.82, 2.24) is 4.98 Å². The van der Waals surface area contributed by atoms with Gasteiger partial charge in [0.2, 0.25) is 11.8 Å². The molecule has 12 heteroatoms. The number of aryl methyl sites for hydroxylation is 1. The summed E-state index contributed by atoms with van der Waals surface area (Å²) in [4.78, 5) is 43.8. The summed E-state index contributed by atoms with van der Waals surface area (Å²) >= 11 is 5.40. The Bertz CT molecular complexity index is 1750. The maximum atomic E-state index is 14.0. The zero-order valence-corrected chi connectivity index (χ0v) is 24.4. The summed E-state index contributed by atoms with van der Waals surface area (Å²) in [5.41, 5.74) is 0.946. The van der Waals surface area contributed by atoms with Crippen LogP contribution in [0.5, 0.6) is 5.75 Å². The van der Waals surface area contributed by atoms with Crippen LogP contribution in [0, 0.1) is 12.8 Å². The van der Waals surface area contributed by atoms with Gasteiger partial charge in [-0.2, -0.15) is 13.2 Å². The Balaban J connectivity index is 1.46. The number of amides is 2. The number of halogens is 4. The highest BCUT2D eigenvalue weighted by Crippen LogP contribution is 2.55. The minimum Gasteiger partial charge on any atom is -0.489 e. The van der Waals surface area contributed by atoms with E-state index in [-0.39, 0.29) is 11.5 Å². The summed E-state index contributed by atoms with van der Waals surface area (Å²) in [6, 6.07) is 17.6. The van der Waals surface area contributed by atoms with E-state index in [0.29, 0.717) is 30.6 Å². The molecule has 1 saturated heterocycles. The number of thioether (sulfide) groups is 1. The van der Waals surface area contributed by atoms with Crippen molar-refractivity contribution in [2.75, 3.05) is 4.90 Å². The quantitative estimate of drug-likeness (QED) is 0.236. The molecule has 6 nitrogen and oxygen atoms in total. The molecule has 2 amide bonds. The van der Waals surface area contributed by atoms with Crippen LogP contribution in [-0.4, -0.2) is 22.0 Å². The number of aromatic amines is 1. The Labute approximate surface area is 248 Å². The van der Waals surface area contributed by atoms with Crippen molar-refractivity contribution in [3.8, 4) is 5.75 Å². The van der Waals surface area contributed by atoms with Crippen LogP contribution in [0.25, 0.3) is 0 Å². The van der Waals surface area contributed by atoms with Crippen LogP contribution in [0.2, 0.25) is 0 Å². The van der Waals surface area contributed by atoms with Gasteiger partial charge < -0.3 is 9.72 Å². The number of hydrogen-bond donors (Lipinski definition) is 1. The fourth-order valence-electron chi connectivity index (χ4n) is 5.35. The lowest BCUT2D eigenvalue weighted by Crippen LogP contribution is -2.33. The molecule has 1 N–H and O–H groups in total. The van der Waals surface area contributed by atoms with Crippen LogP contribution >= 0.6 is 39.0 Å². The van der Waals surface area contributed by atoms with E-state index >= 15 is 0 Å². The zero-order chi connectivity index (χ0) is 29.1. The van der Waals surface area contributed by atoms with E-state index in [1.165, 1.54) is 12.1 Å². The minimum atomic E-state index is -4.78. The first kappa shape index (κ1) is 27.8. The van der Waals surface area contributed by atoms with E-state index in [1.54, 1.807) is 18.2 Å². The number of carbonyl (C=O) groups is 2. The van der Waals surface area contributed by atoms with E-state index in [4.69, 9.17) is 4.74 Å². The summed E-state index contributed by atoms with van der Waals surface area (Å²) in [5.74, 6) is -2.97. The molecule has 2 aliphatic rings. The molecule has 0 bridgehead atoms. The second-order valence-electron chi connectivity index (χ2n) is 9.74. The van der Waals surface area contributed by atoms with Gasteiger partial charge in [-0.1, -0.05) is 81.0 Å². The third-order valence-electron chi connectivity index (χ3n) is 7.06. The van der Waals surface area contributed by atoms with Crippen molar-refractivity contribution in [2.24, 2.45) is 5.92 Å². The summed E-state index contributed by atoms with van der Waals surface area (Å²) in [5, 5.41) is -0.627. The lowest BCUT2D eigenvalue weighted by Gasteiger charge is -2.31. The number of aromatic nitrogens is 1. The number of nitrogens with zero attached hydrogens (tertiary/aromatic N) is 1. The number of rotatable bonds is 5. The predicted molar refractivity (Wildman–Crippen MR) is 154 cm³/mol. The van der Waals surface area contributed by atoms with Gasteiger partial charge in [-0.3, -0.25) is 14.4 Å². The van der Waals surface area contributed by atoms with Gasteiger partial charge in [0.15, 0.2) is 0 Å². The van der Waals surface area contributed by atoms with Crippen LogP contribution in [-0.2, 0) is 22.4 Å². The SMILES string of the molecule is Cc1cccc(COc2ccc(Br)cc2[C@H]2c3sc(=O)[nH]c3SC3C(=O)N(c4ccccc4C(F)(F)F)C(=O)C32)c1. The summed E-state index contributed by atoms with van der Waals surface area (Å²) in [6.07, 6.45) is -4.78. The number of thiazole rings is 1. The van der Waals surface area contributed by atoms with Gasteiger partial charge in [0.25, 0.3) is 0 Å². The average molecular weight is 662 g/mol. The highest BCUT2D eigenvalue weighted by Gasteiger charge is 2.57. The molecule has 210 valence electrons. The zero-order valence-electron chi connectivity index (χ0n) is 21.2. The third-order valence-corrected chi connectivity index (χ3v) is 9.95. The second kappa shape index (κ2) is 10.5. The van der Waals surface area contributed by atoms with Gasteiger partial charge in [-0.05, 0) is 42.8 Å². The molecule has 0 saturated carbocycles. The maximum absolute atomic E-state index is 14.0. The fourth-order valence-corrected chi connectivity index (χ4v) is 8.24. The number of nitrogens with one attached hydrogen (secondary N) is 1. The monoisotopic (exact) mass is 660 g/mol. The van der Waals surface area contributed by atoms with Crippen molar-refractivity contribution in [3.63, 3.8) is 0 Å². The lowest BCUT2D eigenvalue weighted by atomic mass is 9.82. The van der Waals surface area contributed by atoms with Crippen molar-refractivity contribution >= 4 is 56.5 Å². The Morgan fingerprint density at radius 3 is 2.54 bits per heavy atom. The van der Waals surface area contributed by atoms with Gasteiger partial charge in [0.05, 0.1) is 22.2 Å². The third kappa shape index (κ3) is 5.02. The number of imide groups is 1. The number of hydrogen-bond acceptors (Lipinski definition) is 6. The molecule has 2 aliphatic heterocycles. The molecule has 3 aromatic carbocycles. The van der Waals surface area contributed by atoms with Gasteiger partial charge >= 0.3 is 11.0 Å². The molecular formula is C29H20BrF3N2O4S2. The molecule has 41 heavy (non-hydrogen) atoms. The highest BCUT2D eigenvalue weighted by molar-refractivity contribution is 9.10. The summed E-state index contributed by atoms with van der Waals surface area (Å²) in [6.45, 7) is 2.19. The molecule has 6 rings (SSSR count). The van der Waals surface area contributed by atoms with Crippen LogP contribution in [0.15, 0.2) is 81.0 Å². The number of benzene rings is 3. The molecule has 3 heterocycles. The maximum Gasteiger partial charge on any atom is 0.418 e. The summed E-state index contributed by atoms with van der Waals surface area (Å²) in [7, 11) is 0. The van der Waals surface area contributed by atoms with E-state index < -0.39 is 46.3 Å². The van der Waals surface area contributed by atoms with Gasteiger partial charge in [0, 0.05) is 20.8 Å². The molecule has 3 atom stereocenters. The molecule has 0 spiro atoms. The lowest BCUT2D eigenvalue weighted by molar-refractivity contribution is -0.137. The molecule has 1 fully saturated rings. The topological polar surface area (TPSA) is 79.5 Å². The average Bonchev–Trinajstić information content (AvgIpc) is 3.41. The van der Waals surface area contributed by atoms with Gasteiger partial charge in [-0.25, -0.2) is 4.90 Å². The van der Waals surface area contributed by atoms with Crippen molar-refractivity contribution in [3.05, 3.63) is 108 Å². The number of para-hydroxylation sites is 1. The van der Waals surface area contributed by atoms with Crippen molar-refractivity contribution in [2.45, 2.75) is 35.9 Å². The standard InChI is InChI=1S/C29H20BrF3N2O4S2/c1-14-5-4-6-15(11-14)13-39-20-10-9-16(30)12-17(20)21-22-24(40-25-23(21)41-28(38)34-25)27(37)35(26(22)36)19-8-3-2-7-18(19)29(31,32)33/h2-12,21-22,24H,13H2,1H3,(H,34,38)/t21-,22?,24?/m1/s1. The van der Waals surface area contributed by atoms with E-state index in [2.05, 4.69) is 20.9 Å².